The highest BCUT2D eigenvalue weighted by atomic mass is 127. The molecule has 6 nitrogen and oxygen atoms in total. The Balaban J connectivity index is 0.00000312. The van der Waals surface area contributed by atoms with Crippen molar-refractivity contribution in [2.75, 3.05) is 26.3 Å². The van der Waals surface area contributed by atoms with Crippen molar-refractivity contribution in [1.29, 1.82) is 0 Å². The average Bonchev–Trinajstić information content (AvgIpc) is 3.03. The molecule has 1 saturated heterocycles. The quantitative estimate of drug-likeness (QED) is 0.353. The van der Waals surface area contributed by atoms with Gasteiger partial charge >= 0.3 is 0 Å². The molecule has 2 rings (SSSR count). The van der Waals surface area contributed by atoms with Crippen LogP contribution in [0.5, 0.6) is 5.88 Å². The van der Waals surface area contributed by atoms with Crippen LogP contribution in [-0.4, -0.2) is 42.8 Å². The number of guanidine groups is 1. The molecular weight excluding hydrogens is 431 g/mol. The number of pyridine rings is 1. The predicted octanol–water partition coefficient (Wildman–Crippen LogP) is 3.11. The maximum absolute atomic E-state index is 5.82. The van der Waals surface area contributed by atoms with Crippen LogP contribution in [0, 0.1) is 0 Å². The van der Waals surface area contributed by atoms with Crippen LogP contribution < -0.4 is 15.4 Å². The third-order valence-corrected chi connectivity index (χ3v) is 3.97. The van der Waals surface area contributed by atoms with Gasteiger partial charge in [0.05, 0.1) is 18.8 Å². The molecule has 25 heavy (non-hydrogen) atoms. The number of ether oxygens (including phenoxy) is 2. The van der Waals surface area contributed by atoms with Gasteiger partial charge in [0.25, 0.3) is 0 Å². The molecule has 2 N–H and O–H groups in total. The largest absolute Gasteiger partial charge is 0.477 e. The monoisotopic (exact) mass is 462 g/mol. The Bertz CT molecular complexity index is 534. The summed E-state index contributed by atoms with van der Waals surface area (Å²) in [6.45, 7) is 9.90. The lowest BCUT2D eigenvalue weighted by Gasteiger charge is -2.24. The lowest BCUT2D eigenvalue weighted by atomic mass is 10.0. The summed E-state index contributed by atoms with van der Waals surface area (Å²) in [5, 5.41) is 6.67. The van der Waals surface area contributed by atoms with Gasteiger partial charge in [-0.1, -0.05) is 13.0 Å². The number of aromatic nitrogens is 1. The summed E-state index contributed by atoms with van der Waals surface area (Å²) in [4.78, 5) is 8.97. The minimum Gasteiger partial charge on any atom is -0.477 e. The van der Waals surface area contributed by atoms with E-state index in [1.165, 1.54) is 0 Å². The zero-order valence-electron chi connectivity index (χ0n) is 15.5. The molecular formula is C18H31IN4O2. The van der Waals surface area contributed by atoms with Crippen LogP contribution >= 0.6 is 24.0 Å². The number of hydrogen-bond donors (Lipinski definition) is 2. The number of nitrogens with zero attached hydrogens (tertiary/aromatic N) is 2. The number of hydrogen-bond acceptors (Lipinski definition) is 4. The minimum absolute atomic E-state index is 0. The van der Waals surface area contributed by atoms with Gasteiger partial charge in [0.15, 0.2) is 5.96 Å². The molecule has 1 aliphatic heterocycles. The summed E-state index contributed by atoms with van der Waals surface area (Å²) in [5.74, 6) is 1.46. The summed E-state index contributed by atoms with van der Waals surface area (Å²) in [7, 11) is 0. The number of aliphatic imine (C=N–C) groups is 1. The van der Waals surface area contributed by atoms with Crippen molar-refractivity contribution in [3.63, 3.8) is 0 Å². The summed E-state index contributed by atoms with van der Waals surface area (Å²) in [6, 6.07) is 3.92. The smallest absolute Gasteiger partial charge is 0.218 e. The lowest BCUT2D eigenvalue weighted by molar-refractivity contribution is 0.0243. The molecule has 7 heteroatoms. The fourth-order valence-corrected chi connectivity index (χ4v) is 2.63. The molecule has 0 aromatic carbocycles. The average molecular weight is 462 g/mol. The maximum Gasteiger partial charge on any atom is 0.218 e. The van der Waals surface area contributed by atoms with Crippen molar-refractivity contribution in [2.24, 2.45) is 4.99 Å². The molecule has 0 amide bonds. The third kappa shape index (κ3) is 7.35. The summed E-state index contributed by atoms with van der Waals surface area (Å²) >= 11 is 0. The lowest BCUT2D eigenvalue weighted by Crippen LogP contribution is -2.45. The van der Waals surface area contributed by atoms with E-state index in [-0.39, 0.29) is 29.6 Å². The van der Waals surface area contributed by atoms with Crippen LogP contribution in [0.3, 0.4) is 0 Å². The predicted molar refractivity (Wildman–Crippen MR) is 112 cm³/mol. The van der Waals surface area contributed by atoms with Crippen LogP contribution in [0.4, 0.5) is 0 Å². The molecule has 142 valence electrons. The van der Waals surface area contributed by atoms with Gasteiger partial charge < -0.3 is 20.1 Å². The Morgan fingerprint density at radius 2 is 2.24 bits per heavy atom. The van der Waals surface area contributed by atoms with Crippen molar-refractivity contribution >= 4 is 29.9 Å². The number of nitrogens with one attached hydrogen (secondary N) is 2. The van der Waals surface area contributed by atoms with Gasteiger partial charge in [-0.3, -0.25) is 0 Å². The first-order chi connectivity index (χ1) is 11.7. The normalized spacial score (nSPS) is 20.0. The zero-order valence-corrected chi connectivity index (χ0v) is 17.8. The Morgan fingerprint density at radius 3 is 2.92 bits per heavy atom. The molecule has 1 atom stereocenters. The number of rotatable bonds is 8. The van der Waals surface area contributed by atoms with E-state index < -0.39 is 0 Å². The van der Waals surface area contributed by atoms with Gasteiger partial charge in [-0.05, 0) is 39.2 Å². The molecule has 0 spiro atoms. The first-order valence-corrected chi connectivity index (χ1v) is 8.89. The minimum atomic E-state index is -0.0973. The number of halogens is 1. The van der Waals surface area contributed by atoms with E-state index in [4.69, 9.17) is 9.47 Å². The molecule has 0 radical (unpaired) electrons. The first-order valence-electron chi connectivity index (χ1n) is 8.89. The van der Waals surface area contributed by atoms with Crippen molar-refractivity contribution < 1.29 is 9.47 Å². The van der Waals surface area contributed by atoms with Crippen LogP contribution in [0.1, 0.15) is 45.6 Å². The molecule has 1 fully saturated rings. The van der Waals surface area contributed by atoms with Crippen molar-refractivity contribution in [3.8, 4) is 5.88 Å². The van der Waals surface area contributed by atoms with E-state index in [0.29, 0.717) is 19.0 Å². The first kappa shape index (κ1) is 22.0. The van der Waals surface area contributed by atoms with Crippen LogP contribution in [-0.2, 0) is 11.3 Å². The topological polar surface area (TPSA) is 67.8 Å². The standard InChI is InChI=1S/C18H30N4O2.HI/c1-4-11-23-16-15(8-6-10-20-16)13-21-17(19-5-2)22-14-18(3)9-7-12-24-18;/h6,8,10H,4-5,7,9,11-14H2,1-3H3,(H2,19,21,22);1H. The van der Waals surface area contributed by atoms with Crippen LogP contribution in [0.25, 0.3) is 0 Å². The highest BCUT2D eigenvalue weighted by Crippen LogP contribution is 2.23. The molecule has 1 aromatic heterocycles. The molecule has 2 heterocycles. The van der Waals surface area contributed by atoms with Gasteiger partial charge in [0.2, 0.25) is 5.88 Å². The highest BCUT2D eigenvalue weighted by Gasteiger charge is 2.29. The van der Waals surface area contributed by atoms with E-state index in [2.05, 4.69) is 41.4 Å². The Hall–Kier alpha value is -1.09. The zero-order chi connectivity index (χ0) is 17.3. The fourth-order valence-electron chi connectivity index (χ4n) is 2.63. The van der Waals surface area contributed by atoms with Gasteiger partial charge in [0, 0.05) is 31.5 Å². The second-order valence-corrected chi connectivity index (χ2v) is 6.27. The third-order valence-electron chi connectivity index (χ3n) is 3.97. The van der Waals surface area contributed by atoms with Gasteiger partial charge in [-0.15, -0.1) is 24.0 Å². The van der Waals surface area contributed by atoms with Crippen molar-refractivity contribution in [2.45, 2.75) is 52.2 Å². The Morgan fingerprint density at radius 1 is 1.40 bits per heavy atom. The molecule has 1 unspecified atom stereocenters. The molecule has 0 saturated carbocycles. The SMILES string of the molecule is CCCOc1ncccc1CN=C(NCC)NCC1(C)CCCO1.I. The van der Waals surface area contributed by atoms with Crippen LogP contribution in [0.2, 0.25) is 0 Å². The van der Waals surface area contributed by atoms with E-state index in [0.717, 1.165) is 50.5 Å². The summed E-state index contributed by atoms with van der Waals surface area (Å²) < 4.78 is 11.5. The molecule has 1 aliphatic rings. The van der Waals surface area contributed by atoms with Gasteiger partial charge in [0.1, 0.15) is 0 Å². The second kappa shape index (κ2) is 11.5. The van der Waals surface area contributed by atoms with E-state index in [1.54, 1.807) is 6.20 Å². The molecule has 1 aromatic rings. The summed E-state index contributed by atoms with van der Waals surface area (Å²) in [5.41, 5.74) is 0.895. The Kier molecular flexibility index (Phi) is 10.1. The molecule has 0 bridgehead atoms. The van der Waals surface area contributed by atoms with E-state index in [9.17, 15) is 0 Å². The van der Waals surface area contributed by atoms with Crippen molar-refractivity contribution in [3.05, 3.63) is 23.9 Å². The highest BCUT2D eigenvalue weighted by molar-refractivity contribution is 14.0. The van der Waals surface area contributed by atoms with Gasteiger partial charge in [-0.2, -0.15) is 0 Å². The Labute approximate surface area is 168 Å². The van der Waals surface area contributed by atoms with Crippen LogP contribution in [0.15, 0.2) is 23.3 Å². The van der Waals surface area contributed by atoms with E-state index in [1.807, 2.05) is 12.1 Å². The fraction of sp³-hybridized carbons (Fsp3) is 0.667. The summed E-state index contributed by atoms with van der Waals surface area (Å²) in [6.07, 6.45) is 4.92. The van der Waals surface area contributed by atoms with Crippen molar-refractivity contribution in [1.82, 2.24) is 15.6 Å². The van der Waals surface area contributed by atoms with Gasteiger partial charge in [-0.25, -0.2) is 9.98 Å². The van der Waals surface area contributed by atoms with E-state index >= 15 is 0 Å². The second-order valence-electron chi connectivity index (χ2n) is 6.27. The maximum atomic E-state index is 5.82. The molecule has 0 aliphatic carbocycles.